The number of hydrogen-bond donors (Lipinski definition) is 1. The van der Waals surface area contributed by atoms with Gasteiger partial charge in [0.2, 0.25) is 5.91 Å². The van der Waals surface area contributed by atoms with Gasteiger partial charge in [-0.1, -0.05) is 22.0 Å². The molecule has 0 aliphatic heterocycles. The van der Waals surface area contributed by atoms with Crippen LogP contribution in [-0.4, -0.2) is 44.1 Å². The molecule has 0 aromatic heterocycles. The van der Waals surface area contributed by atoms with Crippen molar-refractivity contribution in [1.29, 1.82) is 0 Å². The molecule has 18 heavy (non-hydrogen) atoms. The van der Waals surface area contributed by atoms with E-state index in [9.17, 15) is 4.79 Å². The number of hydrogen-bond acceptors (Lipinski definition) is 3. The molecule has 0 aliphatic carbocycles. The zero-order valence-corrected chi connectivity index (χ0v) is 12.4. The van der Waals surface area contributed by atoms with Gasteiger partial charge in [-0.2, -0.15) is 0 Å². The van der Waals surface area contributed by atoms with E-state index < -0.39 is 0 Å². The van der Waals surface area contributed by atoms with Crippen molar-refractivity contribution in [3.8, 4) is 5.75 Å². The van der Waals surface area contributed by atoms with Gasteiger partial charge in [0.1, 0.15) is 12.4 Å². The van der Waals surface area contributed by atoms with E-state index in [0.29, 0.717) is 26.2 Å². The lowest BCUT2D eigenvalue weighted by molar-refractivity contribution is -0.121. The largest absolute Gasteiger partial charge is 0.492 e. The van der Waals surface area contributed by atoms with E-state index in [1.165, 1.54) is 0 Å². The highest BCUT2D eigenvalue weighted by molar-refractivity contribution is 9.10. The maximum Gasteiger partial charge on any atom is 0.234 e. The van der Waals surface area contributed by atoms with Gasteiger partial charge in [0, 0.05) is 17.6 Å². The number of benzene rings is 1. The molecule has 0 fully saturated rings. The van der Waals surface area contributed by atoms with Crippen LogP contribution in [0, 0.1) is 0 Å². The van der Waals surface area contributed by atoms with Crippen molar-refractivity contribution in [2.45, 2.75) is 6.92 Å². The van der Waals surface area contributed by atoms with Gasteiger partial charge in [-0.3, -0.25) is 9.69 Å². The zero-order chi connectivity index (χ0) is 13.4. The van der Waals surface area contributed by atoms with Crippen molar-refractivity contribution in [2.75, 3.05) is 33.3 Å². The van der Waals surface area contributed by atoms with E-state index in [2.05, 4.69) is 21.2 Å². The Morgan fingerprint density at radius 1 is 1.50 bits per heavy atom. The third-order valence-corrected chi connectivity index (χ3v) is 2.82. The van der Waals surface area contributed by atoms with Crippen molar-refractivity contribution in [3.63, 3.8) is 0 Å². The lowest BCUT2D eigenvalue weighted by atomic mass is 10.3. The number of halogens is 1. The molecule has 0 heterocycles. The second-order valence-corrected chi connectivity index (χ2v) is 4.91. The summed E-state index contributed by atoms with van der Waals surface area (Å²) in [6.45, 7) is 4.25. The third-order valence-electron chi connectivity index (χ3n) is 2.33. The van der Waals surface area contributed by atoms with Crippen molar-refractivity contribution in [3.05, 3.63) is 28.7 Å². The molecule has 0 spiro atoms. The molecule has 1 aromatic rings. The predicted octanol–water partition coefficient (Wildman–Crippen LogP) is 1.90. The average molecular weight is 315 g/mol. The number of nitrogens with zero attached hydrogens (tertiary/aromatic N) is 1. The molecule has 5 heteroatoms. The summed E-state index contributed by atoms with van der Waals surface area (Å²) in [6, 6.07) is 7.71. The van der Waals surface area contributed by atoms with E-state index in [-0.39, 0.29) is 5.91 Å². The maximum absolute atomic E-state index is 11.3. The van der Waals surface area contributed by atoms with Crippen molar-refractivity contribution in [1.82, 2.24) is 10.2 Å². The molecule has 0 unspecified atom stereocenters. The Balaban J connectivity index is 2.23. The Morgan fingerprint density at radius 3 is 2.94 bits per heavy atom. The topological polar surface area (TPSA) is 41.6 Å². The molecular weight excluding hydrogens is 296 g/mol. The first-order chi connectivity index (χ1) is 8.61. The molecule has 4 nitrogen and oxygen atoms in total. The summed E-state index contributed by atoms with van der Waals surface area (Å²) in [5.74, 6) is 0.873. The molecule has 100 valence electrons. The highest BCUT2D eigenvalue weighted by Gasteiger charge is 2.05. The molecule has 0 aliphatic rings. The van der Waals surface area contributed by atoms with Crippen LogP contribution in [0.2, 0.25) is 0 Å². The molecule has 0 saturated heterocycles. The number of likely N-dealkylation sites (N-methyl/N-ethyl adjacent to an activating group) is 2. The van der Waals surface area contributed by atoms with E-state index in [1.807, 2.05) is 43.1 Å². The molecular formula is C13H19BrN2O2. The summed E-state index contributed by atoms with van der Waals surface area (Å²) >= 11 is 3.39. The fourth-order valence-corrected chi connectivity index (χ4v) is 1.83. The van der Waals surface area contributed by atoms with Crippen LogP contribution in [0.25, 0.3) is 0 Å². The summed E-state index contributed by atoms with van der Waals surface area (Å²) < 4.78 is 6.59. The highest BCUT2D eigenvalue weighted by atomic mass is 79.9. The lowest BCUT2D eigenvalue weighted by Crippen LogP contribution is -2.36. The number of rotatable bonds is 7. The van der Waals surface area contributed by atoms with Crippen molar-refractivity contribution in [2.24, 2.45) is 0 Å². The van der Waals surface area contributed by atoms with Crippen LogP contribution < -0.4 is 10.1 Å². The second kappa shape index (κ2) is 8.11. The van der Waals surface area contributed by atoms with Crippen molar-refractivity contribution >= 4 is 21.8 Å². The van der Waals surface area contributed by atoms with E-state index in [0.717, 1.165) is 10.2 Å². The van der Waals surface area contributed by atoms with Crippen LogP contribution in [0.15, 0.2) is 28.7 Å². The Bertz CT molecular complexity index is 385. The van der Waals surface area contributed by atoms with Crippen LogP contribution in [0.3, 0.4) is 0 Å². The van der Waals surface area contributed by atoms with Crippen molar-refractivity contribution < 1.29 is 9.53 Å². The van der Waals surface area contributed by atoms with Gasteiger partial charge in [-0.15, -0.1) is 0 Å². The Hall–Kier alpha value is -1.07. The van der Waals surface area contributed by atoms with Crippen LogP contribution in [0.5, 0.6) is 5.75 Å². The maximum atomic E-state index is 11.3. The predicted molar refractivity (Wildman–Crippen MR) is 75.8 cm³/mol. The van der Waals surface area contributed by atoms with Gasteiger partial charge < -0.3 is 10.1 Å². The molecule has 1 N–H and O–H groups in total. The third kappa shape index (κ3) is 6.02. The van der Waals surface area contributed by atoms with Crippen LogP contribution in [0.4, 0.5) is 0 Å². The Labute approximate surface area is 116 Å². The molecule has 0 radical (unpaired) electrons. The van der Waals surface area contributed by atoms with Gasteiger partial charge in [0.25, 0.3) is 0 Å². The number of carbonyl (C=O) groups is 1. The second-order valence-electron chi connectivity index (χ2n) is 4.00. The van der Waals surface area contributed by atoms with Gasteiger partial charge in [-0.05, 0) is 32.2 Å². The zero-order valence-electron chi connectivity index (χ0n) is 10.8. The van der Waals surface area contributed by atoms with E-state index >= 15 is 0 Å². The van der Waals surface area contributed by atoms with E-state index in [1.54, 1.807) is 0 Å². The first-order valence-electron chi connectivity index (χ1n) is 5.95. The number of carbonyl (C=O) groups excluding carboxylic acids is 1. The normalized spacial score (nSPS) is 10.4. The van der Waals surface area contributed by atoms with Gasteiger partial charge >= 0.3 is 0 Å². The number of amides is 1. The molecule has 1 amide bonds. The first-order valence-corrected chi connectivity index (χ1v) is 6.74. The standard InChI is InChI=1S/C13H19BrN2O2/c1-3-15-13(17)10-16(2)7-8-18-12-6-4-5-11(14)9-12/h4-6,9H,3,7-8,10H2,1-2H3,(H,15,17). The minimum Gasteiger partial charge on any atom is -0.492 e. The van der Waals surface area contributed by atoms with Crippen LogP contribution in [-0.2, 0) is 4.79 Å². The van der Waals surface area contributed by atoms with Gasteiger partial charge in [0.15, 0.2) is 0 Å². The smallest absolute Gasteiger partial charge is 0.234 e. The SMILES string of the molecule is CCNC(=O)CN(C)CCOc1cccc(Br)c1. The quantitative estimate of drug-likeness (QED) is 0.835. The molecule has 1 rings (SSSR count). The summed E-state index contributed by atoms with van der Waals surface area (Å²) in [6.07, 6.45) is 0. The Kier molecular flexibility index (Phi) is 6.75. The fourth-order valence-electron chi connectivity index (χ4n) is 1.45. The molecule has 0 atom stereocenters. The minimum atomic E-state index is 0.0439. The monoisotopic (exact) mass is 314 g/mol. The molecule has 1 aromatic carbocycles. The summed E-state index contributed by atoms with van der Waals surface area (Å²) in [4.78, 5) is 13.3. The van der Waals surface area contributed by atoms with Gasteiger partial charge in [0.05, 0.1) is 6.54 Å². The van der Waals surface area contributed by atoms with E-state index in [4.69, 9.17) is 4.74 Å². The van der Waals surface area contributed by atoms with Crippen LogP contribution >= 0.6 is 15.9 Å². The summed E-state index contributed by atoms with van der Waals surface area (Å²) in [5, 5.41) is 2.76. The number of ether oxygens (including phenoxy) is 1. The fraction of sp³-hybridized carbons (Fsp3) is 0.462. The summed E-state index contributed by atoms with van der Waals surface area (Å²) in [7, 11) is 1.90. The average Bonchev–Trinajstić information content (AvgIpc) is 2.29. The molecule has 0 bridgehead atoms. The van der Waals surface area contributed by atoms with Gasteiger partial charge in [-0.25, -0.2) is 0 Å². The highest BCUT2D eigenvalue weighted by Crippen LogP contribution is 2.17. The lowest BCUT2D eigenvalue weighted by Gasteiger charge is -2.16. The first kappa shape index (κ1) is 15.0. The minimum absolute atomic E-state index is 0.0439. The Morgan fingerprint density at radius 2 is 2.28 bits per heavy atom. The van der Waals surface area contributed by atoms with Crippen LogP contribution in [0.1, 0.15) is 6.92 Å². The summed E-state index contributed by atoms with van der Waals surface area (Å²) in [5.41, 5.74) is 0. The molecule has 0 saturated carbocycles. The number of nitrogens with one attached hydrogen (secondary N) is 1.